The molecule has 1 heterocycles. The van der Waals surface area contributed by atoms with Crippen molar-refractivity contribution in [2.24, 2.45) is 0 Å². The van der Waals surface area contributed by atoms with Gasteiger partial charge in [0.05, 0.1) is 7.11 Å². The molecule has 0 aliphatic carbocycles. The number of methoxy groups -OCH3 is 1. The Morgan fingerprint density at radius 1 is 1.42 bits per heavy atom. The number of Topliss-reactive ketones (excluding diaryl/α,β-unsaturated/α-hetero) is 1. The van der Waals surface area contributed by atoms with Gasteiger partial charge in [-0.05, 0) is 31.4 Å². The Labute approximate surface area is 154 Å². The molecule has 0 saturated carbocycles. The second kappa shape index (κ2) is 9.38. The largest absolute Gasteiger partial charge is 0.493 e. The molecule has 0 radical (unpaired) electrons. The number of hydrogen-bond acceptors (Lipinski definition) is 6. The molecule has 1 unspecified atom stereocenters. The van der Waals surface area contributed by atoms with Crippen LogP contribution in [-0.2, 0) is 27.3 Å². The first kappa shape index (κ1) is 20.0. The van der Waals surface area contributed by atoms with Gasteiger partial charge >= 0.3 is 5.97 Å². The molecule has 0 amide bonds. The van der Waals surface area contributed by atoms with Crippen molar-refractivity contribution in [2.75, 3.05) is 20.4 Å². The first-order valence-corrected chi connectivity index (χ1v) is 8.83. The third-order valence-corrected chi connectivity index (χ3v) is 4.50. The maximum absolute atomic E-state index is 11.3. The molecule has 6 nitrogen and oxygen atoms in total. The highest BCUT2D eigenvalue weighted by Gasteiger charge is 2.27. The van der Waals surface area contributed by atoms with Gasteiger partial charge in [0.1, 0.15) is 19.1 Å². The van der Waals surface area contributed by atoms with Crippen LogP contribution in [0.5, 0.6) is 11.5 Å². The summed E-state index contributed by atoms with van der Waals surface area (Å²) in [5, 5.41) is 0. The first-order valence-electron chi connectivity index (χ1n) is 8.83. The van der Waals surface area contributed by atoms with Gasteiger partial charge in [-0.1, -0.05) is 19.6 Å². The van der Waals surface area contributed by atoms with E-state index in [1.165, 1.54) is 6.08 Å². The van der Waals surface area contributed by atoms with Gasteiger partial charge in [-0.25, -0.2) is 4.79 Å². The smallest absolute Gasteiger partial charge is 0.330 e. The van der Waals surface area contributed by atoms with Crippen LogP contribution >= 0.6 is 0 Å². The van der Waals surface area contributed by atoms with Crippen molar-refractivity contribution in [3.63, 3.8) is 0 Å². The molecule has 1 aliphatic heterocycles. The molecule has 0 aromatic heterocycles. The maximum atomic E-state index is 11.3. The fourth-order valence-electron chi connectivity index (χ4n) is 2.99. The van der Waals surface area contributed by atoms with Crippen LogP contribution in [0.15, 0.2) is 24.8 Å². The van der Waals surface area contributed by atoms with Gasteiger partial charge in [-0.3, -0.25) is 4.90 Å². The predicted molar refractivity (Wildman–Crippen MR) is 98.3 cm³/mol. The van der Waals surface area contributed by atoms with Crippen molar-refractivity contribution in [1.82, 2.24) is 4.90 Å². The number of esters is 1. The third-order valence-electron chi connectivity index (χ3n) is 4.50. The van der Waals surface area contributed by atoms with E-state index in [1.54, 1.807) is 14.0 Å². The van der Waals surface area contributed by atoms with Gasteiger partial charge in [0, 0.05) is 30.6 Å². The summed E-state index contributed by atoms with van der Waals surface area (Å²) in [5.41, 5.74) is 2.06. The van der Waals surface area contributed by atoms with Gasteiger partial charge < -0.3 is 19.0 Å². The summed E-state index contributed by atoms with van der Waals surface area (Å²) in [5.74, 6) is 1.17. The lowest BCUT2D eigenvalue weighted by Gasteiger charge is -2.35. The van der Waals surface area contributed by atoms with E-state index in [1.807, 2.05) is 13.0 Å². The Morgan fingerprint density at radius 2 is 2.19 bits per heavy atom. The highest BCUT2D eigenvalue weighted by atomic mass is 16.5. The van der Waals surface area contributed by atoms with Crippen molar-refractivity contribution in [3.05, 3.63) is 35.9 Å². The Balaban J connectivity index is 2.15. The average molecular weight is 361 g/mol. The first-order chi connectivity index (χ1) is 12.5. The topological polar surface area (TPSA) is 65.1 Å². The maximum Gasteiger partial charge on any atom is 0.330 e. The predicted octanol–water partition coefficient (Wildman–Crippen LogP) is 2.88. The molecule has 26 heavy (non-hydrogen) atoms. The van der Waals surface area contributed by atoms with Crippen LogP contribution in [0, 0.1) is 0 Å². The highest BCUT2D eigenvalue weighted by molar-refractivity contribution is 5.81. The van der Waals surface area contributed by atoms with Crippen molar-refractivity contribution in [3.8, 4) is 11.5 Å². The van der Waals surface area contributed by atoms with Gasteiger partial charge in [0.15, 0.2) is 11.5 Å². The minimum Gasteiger partial charge on any atom is -0.493 e. The lowest BCUT2D eigenvalue weighted by Crippen LogP contribution is -2.43. The Kier molecular flexibility index (Phi) is 7.21. The molecule has 0 bridgehead atoms. The molecule has 0 fully saturated rings. The normalized spacial score (nSPS) is 14.7. The number of rotatable bonds is 9. The van der Waals surface area contributed by atoms with E-state index < -0.39 is 5.97 Å². The quantitative estimate of drug-likeness (QED) is 0.498. The number of hydrogen-bond donors (Lipinski definition) is 0. The number of ketones is 1. The van der Waals surface area contributed by atoms with Crippen LogP contribution < -0.4 is 9.47 Å². The van der Waals surface area contributed by atoms with Crippen LogP contribution in [-0.4, -0.2) is 43.1 Å². The molecule has 6 heteroatoms. The SMILES string of the molecule is C=CC(=O)OCC(CC)N1COc2c(cc(CCC(C)=O)cc2OC)C1. The van der Waals surface area contributed by atoms with E-state index in [2.05, 4.69) is 17.5 Å². The van der Waals surface area contributed by atoms with Crippen LogP contribution in [0.4, 0.5) is 0 Å². The van der Waals surface area contributed by atoms with Crippen molar-refractivity contribution in [2.45, 2.75) is 45.7 Å². The van der Waals surface area contributed by atoms with Crippen LogP contribution in [0.3, 0.4) is 0 Å². The van der Waals surface area contributed by atoms with Gasteiger partial charge in [0.25, 0.3) is 0 Å². The van der Waals surface area contributed by atoms with E-state index >= 15 is 0 Å². The fourth-order valence-corrected chi connectivity index (χ4v) is 2.99. The Morgan fingerprint density at radius 3 is 2.81 bits per heavy atom. The lowest BCUT2D eigenvalue weighted by atomic mass is 10.0. The molecular weight excluding hydrogens is 334 g/mol. The number of nitrogens with zero attached hydrogens (tertiary/aromatic N) is 1. The Bertz CT molecular complexity index is 670. The van der Waals surface area contributed by atoms with Gasteiger partial charge in [-0.2, -0.15) is 0 Å². The minimum absolute atomic E-state index is 0.0546. The van der Waals surface area contributed by atoms with E-state index in [9.17, 15) is 9.59 Å². The number of carbonyl (C=O) groups excluding carboxylic acids is 2. The highest BCUT2D eigenvalue weighted by Crippen LogP contribution is 2.37. The number of benzene rings is 1. The summed E-state index contributed by atoms with van der Waals surface area (Å²) in [7, 11) is 1.61. The van der Waals surface area contributed by atoms with Crippen molar-refractivity contribution in [1.29, 1.82) is 0 Å². The van der Waals surface area contributed by atoms with E-state index in [4.69, 9.17) is 14.2 Å². The summed E-state index contributed by atoms with van der Waals surface area (Å²) in [6, 6.07) is 4.05. The zero-order valence-electron chi connectivity index (χ0n) is 15.7. The van der Waals surface area contributed by atoms with Crippen LogP contribution in [0.1, 0.15) is 37.8 Å². The zero-order valence-corrected chi connectivity index (χ0v) is 15.7. The molecule has 142 valence electrons. The molecule has 0 N–H and O–H groups in total. The van der Waals surface area contributed by atoms with Gasteiger partial charge in [-0.15, -0.1) is 0 Å². The third kappa shape index (κ3) is 5.08. The number of carbonyl (C=O) groups is 2. The van der Waals surface area contributed by atoms with Crippen LogP contribution in [0.2, 0.25) is 0 Å². The molecule has 1 aromatic carbocycles. The van der Waals surface area contributed by atoms with Crippen LogP contribution in [0.25, 0.3) is 0 Å². The summed E-state index contributed by atoms with van der Waals surface area (Å²) in [6.07, 6.45) is 3.17. The Hall–Kier alpha value is -2.34. The fraction of sp³-hybridized carbons (Fsp3) is 0.500. The molecule has 0 saturated heterocycles. The molecular formula is C20H27NO5. The van der Waals surface area contributed by atoms with E-state index in [0.29, 0.717) is 38.5 Å². The molecule has 1 atom stereocenters. The lowest BCUT2D eigenvalue weighted by molar-refractivity contribution is -0.140. The monoisotopic (exact) mass is 361 g/mol. The zero-order chi connectivity index (χ0) is 19.1. The molecule has 0 spiro atoms. The standard InChI is InChI=1S/C20H27NO5/c1-5-17(12-25-19(23)6-2)21-11-16-9-15(8-7-14(3)22)10-18(24-4)20(16)26-13-21/h6,9-10,17H,2,5,7-8,11-13H2,1,3-4H3. The van der Waals surface area contributed by atoms with Gasteiger partial charge in [0.2, 0.25) is 0 Å². The molecule has 2 rings (SSSR count). The molecule has 1 aromatic rings. The second-order valence-electron chi connectivity index (χ2n) is 6.40. The van der Waals surface area contributed by atoms with Crippen molar-refractivity contribution < 1.29 is 23.8 Å². The summed E-state index contributed by atoms with van der Waals surface area (Å²) >= 11 is 0. The van der Waals surface area contributed by atoms with Crippen molar-refractivity contribution >= 4 is 11.8 Å². The summed E-state index contributed by atoms with van der Waals surface area (Å²) < 4.78 is 16.6. The average Bonchev–Trinajstić information content (AvgIpc) is 2.65. The molecule has 1 aliphatic rings. The number of aryl methyl sites for hydroxylation is 1. The number of fused-ring (bicyclic) bond motifs is 1. The summed E-state index contributed by atoms with van der Waals surface area (Å²) in [4.78, 5) is 24.7. The number of ether oxygens (including phenoxy) is 3. The van der Waals surface area contributed by atoms with E-state index in [0.717, 1.165) is 23.3 Å². The second-order valence-corrected chi connectivity index (χ2v) is 6.40. The van der Waals surface area contributed by atoms with E-state index in [-0.39, 0.29) is 11.8 Å². The minimum atomic E-state index is -0.421. The summed E-state index contributed by atoms with van der Waals surface area (Å²) in [6.45, 7) is 8.42.